The van der Waals surface area contributed by atoms with Gasteiger partial charge in [-0.25, -0.2) is 0 Å². The van der Waals surface area contributed by atoms with E-state index in [1.54, 1.807) is 35.2 Å². The van der Waals surface area contributed by atoms with Crippen molar-refractivity contribution in [3.63, 3.8) is 0 Å². The van der Waals surface area contributed by atoms with Crippen molar-refractivity contribution in [1.82, 2.24) is 9.80 Å². The maximum atomic E-state index is 12.6. The predicted molar refractivity (Wildman–Crippen MR) is 113 cm³/mol. The van der Waals surface area contributed by atoms with Crippen molar-refractivity contribution in [1.29, 1.82) is 0 Å². The lowest BCUT2D eigenvalue weighted by atomic mass is 10.2. The third kappa shape index (κ3) is 4.22. The molecule has 29 heavy (non-hydrogen) atoms. The number of carbonyl (C=O) groups excluding carboxylic acids is 3. The van der Waals surface area contributed by atoms with Gasteiger partial charge in [-0.1, -0.05) is 23.2 Å². The van der Waals surface area contributed by atoms with Crippen LogP contribution in [0.15, 0.2) is 39.7 Å². The lowest BCUT2D eigenvalue weighted by molar-refractivity contribution is -0.135. The lowest BCUT2D eigenvalue weighted by Crippen LogP contribution is -2.40. The van der Waals surface area contributed by atoms with E-state index >= 15 is 0 Å². The van der Waals surface area contributed by atoms with E-state index in [1.165, 1.54) is 6.08 Å². The number of nitrogens with zero attached hydrogens (tertiary/aromatic N) is 2. The van der Waals surface area contributed by atoms with Crippen LogP contribution in [-0.2, 0) is 9.59 Å². The Morgan fingerprint density at radius 3 is 2.59 bits per heavy atom. The Labute approximate surface area is 181 Å². The summed E-state index contributed by atoms with van der Waals surface area (Å²) in [6.45, 7) is 1.12. The van der Waals surface area contributed by atoms with Crippen molar-refractivity contribution in [2.75, 3.05) is 19.6 Å². The van der Waals surface area contributed by atoms with E-state index in [4.69, 9.17) is 27.6 Å². The molecule has 1 aromatic carbocycles. The first kappa shape index (κ1) is 20.1. The number of amides is 3. The summed E-state index contributed by atoms with van der Waals surface area (Å²) in [7, 11) is 0. The van der Waals surface area contributed by atoms with Crippen molar-refractivity contribution >= 4 is 58.1 Å². The molecular formula is C20H16Cl2N2O4S. The van der Waals surface area contributed by atoms with Gasteiger partial charge in [-0.05, 0) is 54.9 Å². The minimum absolute atomic E-state index is 0.203. The van der Waals surface area contributed by atoms with Crippen LogP contribution in [0.4, 0.5) is 4.79 Å². The predicted octanol–water partition coefficient (Wildman–Crippen LogP) is 4.91. The van der Waals surface area contributed by atoms with Gasteiger partial charge >= 0.3 is 0 Å². The summed E-state index contributed by atoms with van der Waals surface area (Å²) in [6.07, 6.45) is 3.41. The quantitative estimate of drug-likeness (QED) is 0.618. The topological polar surface area (TPSA) is 70.8 Å². The van der Waals surface area contributed by atoms with E-state index in [1.807, 2.05) is 0 Å². The molecule has 0 N–H and O–H groups in total. The largest absolute Gasteiger partial charge is 0.457 e. The van der Waals surface area contributed by atoms with Crippen molar-refractivity contribution in [3.05, 3.63) is 51.0 Å². The molecule has 3 heterocycles. The number of hydrogen-bond acceptors (Lipinski definition) is 5. The van der Waals surface area contributed by atoms with Crippen LogP contribution < -0.4 is 0 Å². The molecule has 0 aliphatic carbocycles. The summed E-state index contributed by atoms with van der Waals surface area (Å²) in [4.78, 5) is 40.0. The number of rotatable bonds is 4. The molecule has 4 rings (SSSR count). The van der Waals surface area contributed by atoms with Crippen LogP contribution in [0.1, 0.15) is 18.6 Å². The van der Waals surface area contributed by atoms with Crippen LogP contribution >= 0.6 is 35.0 Å². The van der Waals surface area contributed by atoms with Gasteiger partial charge in [0.1, 0.15) is 18.1 Å². The molecule has 2 aliphatic heterocycles. The van der Waals surface area contributed by atoms with E-state index in [-0.39, 0.29) is 17.4 Å². The molecular weight excluding hydrogens is 435 g/mol. The highest BCUT2D eigenvalue weighted by Crippen LogP contribution is 2.34. The van der Waals surface area contributed by atoms with Gasteiger partial charge < -0.3 is 9.32 Å². The van der Waals surface area contributed by atoms with E-state index < -0.39 is 11.1 Å². The highest BCUT2D eigenvalue weighted by atomic mass is 35.5. The maximum absolute atomic E-state index is 12.6. The molecule has 9 heteroatoms. The minimum Gasteiger partial charge on any atom is -0.457 e. The molecule has 2 saturated heterocycles. The number of likely N-dealkylation sites (tertiary alicyclic amines) is 1. The van der Waals surface area contributed by atoms with Gasteiger partial charge in [0.15, 0.2) is 0 Å². The monoisotopic (exact) mass is 450 g/mol. The summed E-state index contributed by atoms with van der Waals surface area (Å²) in [5.74, 6) is 0.284. The number of benzene rings is 1. The van der Waals surface area contributed by atoms with Gasteiger partial charge in [0.25, 0.3) is 11.1 Å². The van der Waals surface area contributed by atoms with Crippen molar-refractivity contribution in [2.45, 2.75) is 12.8 Å². The molecule has 1 aromatic heterocycles. The van der Waals surface area contributed by atoms with Crippen LogP contribution in [0.25, 0.3) is 17.4 Å². The highest BCUT2D eigenvalue weighted by Gasteiger charge is 2.37. The number of imide groups is 1. The molecule has 2 aromatic rings. The van der Waals surface area contributed by atoms with E-state index in [0.29, 0.717) is 34.7 Å². The van der Waals surface area contributed by atoms with Crippen LogP contribution in [-0.4, -0.2) is 46.5 Å². The molecule has 150 valence electrons. The van der Waals surface area contributed by atoms with Gasteiger partial charge in [0, 0.05) is 24.7 Å². The summed E-state index contributed by atoms with van der Waals surface area (Å²) in [5, 5.41) is 0.398. The molecule has 0 bridgehead atoms. The average Bonchev–Trinajstić information content (AvgIpc) is 3.43. The fourth-order valence-electron chi connectivity index (χ4n) is 3.20. The van der Waals surface area contributed by atoms with Crippen LogP contribution in [0.5, 0.6) is 0 Å². The number of hydrogen-bond donors (Lipinski definition) is 0. The standard InChI is InChI=1S/C20H16Cl2N2O4S/c21-14-5-3-12(9-15(14)22)16-6-4-13(28-16)10-17-19(26)24(20(27)29-17)11-18(25)23-7-1-2-8-23/h3-6,9-10H,1-2,7-8,11H2. The zero-order valence-corrected chi connectivity index (χ0v) is 17.5. The number of thioether (sulfide) groups is 1. The van der Waals surface area contributed by atoms with Gasteiger partial charge in [-0.2, -0.15) is 0 Å². The van der Waals surface area contributed by atoms with Crippen molar-refractivity contribution < 1.29 is 18.8 Å². The molecule has 2 fully saturated rings. The van der Waals surface area contributed by atoms with Crippen LogP contribution in [0, 0.1) is 0 Å². The molecule has 3 amide bonds. The first-order chi connectivity index (χ1) is 13.9. The fraction of sp³-hybridized carbons (Fsp3) is 0.250. The second-order valence-electron chi connectivity index (χ2n) is 6.69. The molecule has 0 radical (unpaired) electrons. The zero-order valence-electron chi connectivity index (χ0n) is 15.2. The Morgan fingerprint density at radius 2 is 1.86 bits per heavy atom. The van der Waals surface area contributed by atoms with Crippen LogP contribution in [0.2, 0.25) is 10.0 Å². The molecule has 6 nitrogen and oxygen atoms in total. The zero-order chi connectivity index (χ0) is 20.5. The molecule has 0 saturated carbocycles. The maximum Gasteiger partial charge on any atom is 0.294 e. The normalized spacial score (nSPS) is 18.3. The second-order valence-corrected chi connectivity index (χ2v) is 8.49. The molecule has 0 unspecified atom stereocenters. The second kappa shape index (κ2) is 8.26. The fourth-order valence-corrected chi connectivity index (χ4v) is 4.32. The summed E-state index contributed by atoms with van der Waals surface area (Å²) in [5.41, 5.74) is 0.739. The number of furan rings is 1. The smallest absolute Gasteiger partial charge is 0.294 e. The molecule has 0 atom stereocenters. The lowest BCUT2D eigenvalue weighted by Gasteiger charge is -2.18. The molecule has 2 aliphatic rings. The third-order valence-corrected chi connectivity index (χ3v) is 6.38. The highest BCUT2D eigenvalue weighted by molar-refractivity contribution is 8.18. The Kier molecular flexibility index (Phi) is 5.72. The average molecular weight is 451 g/mol. The molecule has 0 spiro atoms. The number of halogens is 2. The van der Waals surface area contributed by atoms with E-state index in [0.717, 1.165) is 35.1 Å². The minimum atomic E-state index is -0.486. The van der Waals surface area contributed by atoms with Crippen molar-refractivity contribution in [2.24, 2.45) is 0 Å². The van der Waals surface area contributed by atoms with Gasteiger partial charge in [0.2, 0.25) is 5.91 Å². The van der Waals surface area contributed by atoms with Gasteiger partial charge in [0.05, 0.1) is 15.0 Å². The Bertz CT molecular complexity index is 1030. The van der Waals surface area contributed by atoms with E-state index in [2.05, 4.69) is 0 Å². The SMILES string of the molecule is O=C(CN1C(=O)SC(=Cc2ccc(-c3ccc(Cl)c(Cl)c3)o2)C1=O)N1CCCC1. The van der Waals surface area contributed by atoms with Gasteiger partial charge in [-0.3, -0.25) is 19.3 Å². The van der Waals surface area contributed by atoms with Crippen molar-refractivity contribution in [3.8, 4) is 11.3 Å². The number of carbonyl (C=O) groups is 3. The first-order valence-electron chi connectivity index (χ1n) is 9.01. The Morgan fingerprint density at radius 1 is 1.10 bits per heavy atom. The Hall–Kier alpha value is -2.22. The van der Waals surface area contributed by atoms with E-state index in [9.17, 15) is 14.4 Å². The van der Waals surface area contributed by atoms with Crippen LogP contribution in [0.3, 0.4) is 0 Å². The summed E-state index contributed by atoms with van der Waals surface area (Å²) >= 11 is 12.8. The van der Waals surface area contributed by atoms with Gasteiger partial charge in [-0.15, -0.1) is 0 Å². The first-order valence-corrected chi connectivity index (χ1v) is 10.6. The summed E-state index contributed by atoms with van der Waals surface area (Å²) < 4.78 is 5.76. The summed E-state index contributed by atoms with van der Waals surface area (Å²) in [6, 6.07) is 8.57. The Balaban J connectivity index is 1.49. The third-order valence-electron chi connectivity index (χ3n) is 4.73.